The Morgan fingerprint density at radius 2 is 1.96 bits per heavy atom. The molecule has 0 aromatic heterocycles. The van der Waals surface area contributed by atoms with E-state index in [4.69, 9.17) is 5.26 Å². The molecular weight excluding hydrogens is 302 g/mol. The Morgan fingerprint density at radius 3 is 2.50 bits per heavy atom. The molecule has 128 valence electrons. The van der Waals surface area contributed by atoms with Gasteiger partial charge >= 0.3 is 0 Å². The van der Waals surface area contributed by atoms with Crippen LogP contribution in [0, 0.1) is 17.2 Å². The second-order valence-corrected chi connectivity index (χ2v) is 7.09. The number of aliphatic hydroxyl groups excluding tert-OH is 1. The summed E-state index contributed by atoms with van der Waals surface area (Å²) in [5.74, 6) is 0.549. The maximum Gasteiger partial charge on any atom is 0.253 e. The Hall–Kier alpha value is -1.90. The Labute approximate surface area is 143 Å². The first-order valence-corrected chi connectivity index (χ1v) is 8.76. The number of carbonyl (C=O) groups is 1. The largest absolute Gasteiger partial charge is 0.390 e. The standard InChI is InChI=1S/C19H25N3O2/c1-21(19(24)16-8-6-14(10-20)7-9-16)18(15-4-2-3-5-15)13-22-11-17(23)12-22/h6-9,15,17-18,23H,2-5,11-13H2,1H3/t18-/m1/s1. The van der Waals surface area contributed by atoms with Crippen molar-refractivity contribution in [2.75, 3.05) is 26.7 Å². The third-order valence-corrected chi connectivity index (χ3v) is 5.41. The van der Waals surface area contributed by atoms with E-state index in [9.17, 15) is 9.90 Å². The first-order valence-electron chi connectivity index (χ1n) is 8.76. The molecule has 1 atom stereocenters. The number of likely N-dealkylation sites (tertiary alicyclic amines) is 1. The summed E-state index contributed by atoms with van der Waals surface area (Å²) in [5, 5.41) is 18.4. The first-order chi connectivity index (χ1) is 11.6. The molecular formula is C19H25N3O2. The first kappa shape index (κ1) is 16.9. The average molecular weight is 327 g/mol. The van der Waals surface area contributed by atoms with Gasteiger partial charge in [0.2, 0.25) is 0 Å². The summed E-state index contributed by atoms with van der Waals surface area (Å²) in [4.78, 5) is 17.0. The molecule has 1 saturated carbocycles. The number of hydrogen-bond acceptors (Lipinski definition) is 4. The fraction of sp³-hybridized carbons (Fsp3) is 0.579. The number of benzene rings is 1. The minimum Gasteiger partial charge on any atom is -0.390 e. The van der Waals surface area contributed by atoms with Crippen LogP contribution < -0.4 is 0 Å². The summed E-state index contributed by atoms with van der Waals surface area (Å²) in [7, 11) is 1.89. The lowest BCUT2D eigenvalue weighted by atomic mass is 9.94. The van der Waals surface area contributed by atoms with Crippen molar-refractivity contribution < 1.29 is 9.90 Å². The lowest BCUT2D eigenvalue weighted by molar-refractivity contribution is -0.0166. The molecule has 1 saturated heterocycles. The number of nitriles is 1. The predicted molar refractivity (Wildman–Crippen MR) is 91.4 cm³/mol. The molecule has 0 spiro atoms. The van der Waals surface area contributed by atoms with Gasteiger partial charge in [-0.25, -0.2) is 0 Å². The Bertz CT molecular complexity index is 610. The third-order valence-electron chi connectivity index (χ3n) is 5.41. The van der Waals surface area contributed by atoms with Crippen LogP contribution in [0.15, 0.2) is 24.3 Å². The van der Waals surface area contributed by atoms with Gasteiger partial charge in [0.15, 0.2) is 0 Å². The van der Waals surface area contributed by atoms with Crippen LogP contribution in [0.25, 0.3) is 0 Å². The van der Waals surface area contributed by atoms with E-state index in [1.807, 2.05) is 11.9 Å². The highest BCUT2D eigenvalue weighted by Crippen LogP contribution is 2.31. The molecule has 1 heterocycles. The second-order valence-electron chi connectivity index (χ2n) is 7.09. The predicted octanol–water partition coefficient (Wildman–Crippen LogP) is 1.87. The van der Waals surface area contributed by atoms with Crippen LogP contribution >= 0.6 is 0 Å². The minimum atomic E-state index is -0.214. The van der Waals surface area contributed by atoms with E-state index in [0.717, 1.165) is 6.54 Å². The smallest absolute Gasteiger partial charge is 0.253 e. The molecule has 1 aliphatic carbocycles. The Kier molecular flexibility index (Phi) is 5.17. The van der Waals surface area contributed by atoms with Crippen molar-refractivity contribution in [3.05, 3.63) is 35.4 Å². The highest BCUT2D eigenvalue weighted by Gasteiger charge is 2.35. The van der Waals surface area contributed by atoms with Crippen molar-refractivity contribution in [3.63, 3.8) is 0 Å². The molecule has 1 aliphatic heterocycles. The zero-order valence-corrected chi connectivity index (χ0v) is 14.2. The van der Waals surface area contributed by atoms with E-state index in [1.165, 1.54) is 25.7 Å². The molecule has 1 aromatic rings. The van der Waals surface area contributed by atoms with E-state index in [1.54, 1.807) is 24.3 Å². The van der Waals surface area contributed by atoms with Gasteiger partial charge in [-0.15, -0.1) is 0 Å². The maximum atomic E-state index is 12.9. The van der Waals surface area contributed by atoms with Crippen molar-refractivity contribution in [2.45, 2.75) is 37.8 Å². The van der Waals surface area contributed by atoms with Gasteiger partial charge in [-0.1, -0.05) is 12.8 Å². The van der Waals surface area contributed by atoms with Gasteiger partial charge in [-0.3, -0.25) is 9.69 Å². The number of hydrogen-bond donors (Lipinski definition) is 1. The zero-order chi connectivity index (χ0) is 17.1. The lowest BCUT2D eigenvalue weighted by Crippen LogP contribution is -2.57. The van der Waals surface area contributed by atoms with Gasteiger partial charge < -0.3 is 10.0 Å². The molecule has 1 N–H and O–H groups in total. The quantitative estimate of drug-likeness (QED) is 0.896. The molecule has 2 fully saturated rings. The van der Waals surface area contributed by atoms with Crippen LogP contribution in [0.4, 0.5) is 0 Å². The van der Waals surface area contributed by atoms with E-state index in [2.05, 4.69) is 11.0 Å². The number of rotatable bonds is 5. The van der Waals surface area contributed by atoms with Crippen molar-refractivity contribution in [2.24, 2.45) is 5.92 Å². The number of aliphatic hydroxyl groups is 1. The molecule has 24 heavy (non-hydrogen) atoms. The Balaban J connectivity index is 1.72. The van der Waals surface area contributed by atoms with Gasteiger partial charge in [0.1, 0.15) is 0 Å². The Morgan fingerprint density at radius 1 is 1.33 bits per heavy atom. The monoisotopic (exact) mass is 327 g/mol. The molecule has 5 heteroatoms. The molecule has 5 nitrogen and oxygen atoms in total. The van der Waals surface area contributed by atoms with Gasteiger partial charge in [0.05, 0.1) is 17.7 Å². The summed E-state index contributed by atoms with van der Waals surface area (Å²) in [6.45, 7) is 2.25. The van der Waals surface area contributed by atoms with E-state index < -0.39 is 0 Å². The van der Waals surface area contributed by atoms with E-state index >= 15 is 0 Å². The van der Waals surface area contributed by atoms with Crippen molar-refractivity contribution in [3.8, 4) is 6.07 Å². The molecule has 3 rings (SSSR count). The topological polar surface area (TPSA) is 67.6 Å². The van der Waals surface area contributed by atoms with Crippen LogP contribution in [-0.4, -0.2) is 59.6 Å². The highest BCUT2D eigenvalue weighted by molar-refractivity contribution is 5.94. The number of β-amino-alcohol motifs (C(OH)–C–C–N with tert-alkyl or cyclic N) is 1. The number of likely N-dealkylation sites (N-methyl/N-ethyl adjacent to an activating group) is 1. The molecule has 2 aliphatic rings. The number of carbonyl (C=O) groups excluding carboxylic acids is 1. The number of nitrogens with zero attached hydrogens (tertiary/aromatic N) is 3. The van der Waals surface area contributed by atoms with Crippen LogP contribution in [0.2, 0.25) is 0 Å². The lowest BCUT2D eigenvalue weighted by Gasteiger charge is -2.42. The molecule has 0 bridgehead atoms. The summed E-state index contributed by atoms with van der Waals surface area (Å²) in [5.41, 5.74) is 1.19. The minimum absolute atomic E-state index is 0.0115. The summed E-state index contributed by atoms with van der Waals surface area (Å²) in [6.07, 6.45) is 4.61. The maximum absolute atomic E-state index is 12.9. The van der Waals surface area contributed by atoms with Gasteiger partial charge in [0, 0.05) is 38.3 Å². The molecule has 0 radical (unpaired) electrons. The van der Waals surface area contributed by atoms with Crippen LogP contribution in [-0.2, 0) is 0 Å². The van der Waals surface area contributed by atoms with Crippen molar-refractivity contribution in [1.29, 1.82) is 5.26 Å². The molecule has 1 amide bonds. The molecule has 0 unspecified atom stereocenters. The fourth-order valence-corrected chi connectivity index (χ4v) is 3.93. The fourth-order valence-electron chi connectivity index (χ4n) is 3.93. The molecule has 1 aromatic carbocycles. The zero-order valence-electron chi connectivity index (χ0n) is 14.2. The van der Waals surface area contributed by atoms with E-state index in [-0.39, 0.29) is 18.1 Å². The van der Waals surface area contributed by atoms with Crippen molar-refractivity contribution >= 4 is 5.91 Å². The summed E-state index contributed by atoms with van der Waals surface area (Å²) in [6, 6.07) is 9.11. The second kappa shape index (κ2) is 7.33. The average Bonchev–Trinajstić information content (AvgIpc) is 3.10. The van der Waals surface area contributed by atoms with Crippen LogP contribution in [0.1, 0.15) is 41.6 Å². The van der Waals surface area contributed by atoms with E-state index in [0.29, 0.717) is 30.1 Å². The van der Waals surface area contributed by atoms with Gasteiger partial charge in [-0.05, 0) is 43.0 Å². The normalized spacial score (nSPS) is 20.4. The van der Waals surface area contributed by atoms with Crippen LogP contribution in [0.3, 0.4) is 0 Å². The summed E-state index contributed by atoms with van der Waals surface area (Å²) < 4.78 is 0. The SMILES string of the molecule is CN(C(=O)c1ccc(C#N)cc1)[C@H](CN1CC(O)C1)C1CCCC1. The summed E-state index contributed by atoms with van der Waals surface area (Å²) >= 11 is 0. The third kappa shape index (κ3) is 3.61. The van der Waals surface area contributed by atoms with Crippen molar-refractivity contribution in [1.82, 2.24) is 9.80 Å². The van der Waals surface area contributed by atoms with Gasteiger partial charge in [-0.2, -0.15) is 5.26 Å². The van der Waals surface area contributed by atoms with Gasteiger partial charge in [0.25, 0.3) is 5.91 Å². The highest BCUT2D eigenvalue weighted by atomic mass is 16.3. The number of amides is 1. The van der Waals surface area contributed by atoms with Crippen LogP contribution in [0.5, 0.6) is 0 Å².